The van der Waals surface area contributed by atoms with E-state index in [-0.39, 0.29) is 23.4 Å². The van der Waals surface area contributed by atoms with E-state index in [0.717, 1.165) is 12.7 Å². The minimum Gasteiger partial charge on any atom is -0.467 e. The number of nitrogens with zero attached hydrogens (tertiary/aromatic N) is 5. The average molecular weight is 470 g/mol. The number of rotatable bonds is 5. The van der Waals surface area contributed by atoms with Gasteiger partial charge in [0.1, 0.15) is 6.04 Å². The smallest absolute Gasteiger partial charge is 0.332 e. The summed E-state index contributed by atoms with van der Waals surface area (Å²) in [6, 6.07) is 16.8. The summed E-state index contributed by atoms with van der Waals surface area (Å²) in [6.07, 6.45) is -0.145. The van der Waals surface area contributed by atoms with Crippen LogP contribution in [0.3, 0.4) is 0 Å². The van der Waals surface area contributed by atoms with Crippen molar-refractivity contribution in [3.63, 3.8) is 0 Å². The molecule has 0 aliphatic carbocycles. The zero-order valence-corrected chi connectivity index (χ0v) is 18.4. The summed E-state index contributed by atoms with van der Waals surface area (Å²) in [4.78, 5) is 51.1. The number of aromatic nitrogens is 4. The van der Waals surface area contributed by atoms with Gasteiger partial charge in [0.15, 0.2) is 11.5 Å². The van der Waals surface area contributed by atoms with Gasteiger partial charge in [-0.15, -0.1) is 10.2 Å². The first-order valence-corrected chi connectivity index (χ1v) is 10.6. The molecule has 3 heterocycles. The number of hydrogen-bond donors (Lipinski definition) is 1. The third-order valence-corrected chi connectivity index (χ3v) is 5.56. The molecule has 2 aromatic heterocycles. The summed E-state index contributed by atoms with van der Waals surface area (Å²) in [6.45, 7) is 0. The Morgan fingerprint density at radius 1 is 0.914 bits per heavy atom. The van der Waals surface area contributed by atoms with Crippen LogP contribution in [0, 0.1) is 0 Å². The Bertz CT molecular complexity index is 1450. The van der Waals surface area contributed by atoms with Gasteiger partial charge in [0.2, 0.25) is 0 Å². The summed E-state index contributed by atoms with van der Waals surface area (Å²) in [7, 11) is 1.16. The lowest BCUT2D eigenvalue weighted by atomic mass is 10.1. The lowest BCUT2D eigenvalue weighted by molar-refractivity contribution is -0.142. The summed E-state index contributed by atoms with van der Waals surface area (Å²) in [5, 5.41) is 15.1. The third-order valence-electron chi connectivity index (χ3n) is 5.56. The molecule has 1 N–H and O–H groups in total. The number of hydrogen-bond acceptors (Lipinski definition) is 8. The summed E-state index contributed by atoms with van der Waals surface area (Å²) < 4.78 is 6.29. The highest BCUT2D eigenvalue weighted by atomic mass is 16.5. The molecule has 1 aliphatic rings. The lowest BCUT2D eigenvalue weighted by Gasteiger charge is -2.19. The fourth-order valence-corrected chi connectivity index (χ4v) is 3.83. The molecule has 4 amide bonds. The number of carbonyl (C=O) groups is 4. The summed E-state index contributed by atoms with van der Waals surface area (Å²) in [5.74, 6) is -2.05. The Morgan fingerprint density at radius 3 is 2.23 bits per heavy atom. The first-order chi connectivity index (χ1) is 17.0. The zero-order valence-electron chi connectivity index (χ0n) is 18.4. The van der Waals surface area contributed by atoms with E-state index in [2.05, 4.69) is 20.6 Å². The van der Waals surface area contributed by atoms with Crippen molar-refractivity contribution < 1.29 is 23.9 Å². The van der Waals surface area contributed by atoms with E-state index in [1.54, 1.807) is 24.3 Å². The van der Waals surface area contributed by atoms with Crippen molar-refractivity contribution in [2.75, 3.05) is 7.11 Å². The summed E-state index contributed by atoms with van der Waals surface area (Å²) >= 11 is 0. The third kappa shape index (κ3) is 3.88. The lowest BCUT2D eigenvalue weighted by Crippen LogP contribution is -2.51. The molecule has 4 aromatic rings. The van der Waals surface area contributed by atoms with Gasteiger partial charge in [-0.1, -0.05) is 42.5 Å². The molecule has 0 bridgehead atoms. The highest BCUT2D eigenvalue weighted by Gasteiger charge is 2.41. The predicted octanol–water partition coefficient (Wildman–Crippen LogP) is 1.88. The molecule has 0 fully saturated rings. The molecule has 2 aromatic carbocycles. The molecular formula is C24H18N6O5. The monoisotopic (exact) mass is 470 g/mol. The topological polar surface area (TPSA) is 136 Å². The average Bonchev–Trinajstić information content (AvgIpc) is 3.41. The number of ether oxygens (including phenoxy) is 1. The van der Waals surface area contributed by atoms with Crippen LogP contribution < -0.4 is 5.32 Å². The van der Waals surface area contributed by atoms with Crippen LogP contribution in [0.5, 0.6) is 0 Å². The molecule has 0 saturated heterocycles. The highest BCUT2D eigenvalue weighted by molar-refractivity contribution is 6.28. The number of urea groups is 1. The second-order valence-electron chi connectivity index (χ2n) is 7.69. The van der Waals surface area contributed by atoms with Crippen LogP contribution in [-0.2, 0) is 16.0 Å². The second-order valence-corrected chi connectivity index (χ2v) is 7.69. The molecular weight excluding hydrogens is 452 g/mol. The van der Waals surface area contributed by atoms with Crippen LogP contribution in [-0.4, -0.2) is 61.7 Å². The summed E-state index contributed by atoms with van der Waals surface area (Å²) in [5.41, 5.74) is 2.20. The Kier molecular flexibility index (Phi) is 5.49. The van der Waals surface area contributed by atoms with Crippen LogP contribution in [0.2, 0.25) is 0 Å². The molecule has 11 heteroatoms. The Balaban J connectivity index is 1.41. The quantitative estimate of drug-likeness (QED) is 0.345. The van der Waals surface area contributed by atoms with Crippen molar-refractivity contribution in [3.05, 3.63) is 83.7 Å². The van der Waals surface area contributed by atoms with Gasteiger partial charge in [-0.25, -0.2) is 9.59 Å². The van der Waals surface area contributed by atoms with Gasteiger partial charge in [0, 0.05) is 12.0 Å². The second kappa shape index (κ2) is 8.78. The van der Waals surface area contributed by atoms with Crippen LogP contribution in [0.4, 0.5) is 4.79 Å². The largest absolute Gasteiger partial charge is 0.467 e. The Labute approximate surface area is 198 Å². The van der Waals surface area contributed by atoms with Crippen LogP contribution in [0.1, 0.15) is 26.5 Å². The van der Waals surface area contributed by atoms with Gasteiger partial charge in [-0.05, 0) is 24.3 Å². The fourth-order valence-electron chi connectivity index (χ4n) is 3.83. The molecule has 11 nitrogen and oxygen atoms in total. The number of nitrogens with one attached hydrogen (secondary N) is 1. The number of amides is 4. The van der Waals surface area contributed by atoms with Crippen molar-refractivity contribution >= 4 is 29.5 Å². The molecule has 174 valence electrons. The van der Waals surface area contributed by atoms with Crippen LogP contribution in [0.15, 0.2) is 66.7 Å². The van der Waals surface area contributed by atoms with Gasteiger partial charge in [0.05, 0.1) is 23.9 Å². The van der Waals surface area contributed by atoms with Crippen molar-refractivity contribution in [3.8, 4) is 11.3 Å². The number of carbonyl (C=O) groups excluding carboxylic acids is 4. The minimum absolute atomic E-state index is 0.114. The van der Waals surface area contributed by atoms with Gasteiger partial charge >= 0.3 is 12.0 Å². The molecule has 0 spiro atoms. The first kappa shape index (κ1) is 21.9. The molecule has 1 atom stereocenters. The molecule has 0 saturated carbocycles. The van der Waals surface area contributed by atoms with Crippen molar-refractivity contribution in [1.29, 1.82) is 0 Å². The minimum atomic E-state index is -1.26. The molecule has 5 rings (SSSR count). The number of fused-ring (bicyclic) bond motifs is 2. The Hall–Kier alpha value is -4.93. The van der Waals surface area contributed by atoms with Gasteiger partial charge in [-0.2, -0.15) is 14.5 Å². The maximum atomic E-state index is 12.9. The van der Waals surface area contributed by atoms with Crippen LogP contribution in [0.25, 0.3) is 16.9 Å². The van der Waals surface area contributed by atoms with Crippen molar-refractivity contribution in [1.82, 2.24) is 30.0 Å². The van der Waals surface area contributed by atoms with E-state index in [4.69, 9.17) is 4.74 Å². The number of imide groups is 3. The SMILES string of the molecule is COC(=O)[C@H](Cc1nnc2ccc(-c3ccccc3)nn12)NC(=O)N1C(=O)c2ccccc2C1=O. The van der Waals surface area contributed by atoms with Crippen molar-refractivity contribution in [2.45, 2.75) is 12.5 Å². The molecule has 0 unspecified atom stereocenters. The highest BCUT2D eigenvalue weighted by Crippen LogP contribution is 2.23. The molecule has 1 aliphatic heterocycles. The van der Waals surface area contributed by atoms with Gasteiger partial charge < -0.3 is 10.1 Å². The van der Waals surface area contributed by atoms with E-state index in [0.29, 0.717) is 16.2 Å². The van der Waals surface area contributed by atoms with Crippen molar-refractivity contribution in [2.24, 2.45) is 0 Å². The fraction of sp³-hybridized carbons (Fsp3) is 0.125. The van der Waals surface area contributed by atoms with Crippen LogP contribution >= 0.6 is 0 Å². The first-order valence-electron chi connectivity index (χ1n) is 10.6. The maximum absolute atomic E-state index is 12.9. The number of benzene rings is 2. The predicted molar refractivity (Wildman–Crippen MR) is 121 cm³/mol. The molecule has 0 radical (unpaired) electrons. The van der Waals surface area contributed by atoms with E-state index < -0.39 is 29.9 Å². The van der Waals surface area contributed by atoms with Gasteiger partial charge in [-0.3, -0.25) is 9.59 Å². The van der Waals surface area contributed by atoms with E-state index in [1.165, 1.54) is 16.6 Å². The van der Waals surface area contributed by atoms with Gasteiger partial charge in [0.25, 0.3) is 11.8 Å². The standard InChI is InChI=1S/C24H18N6O5/c1-35-23(33)18(25-24(34)29-21(31)15-9-5-6-10-16(15)22(29)32)13-20-27-26-19-12-11-17(28-30(19)20)14-7-3-2-4-8-14/h2-12,18H,13H2,1H3,(H,25,34)/t18-/m0/s1. The number of esters is 1. The zero-order chi connectivity index (χ0) is 24.5. The van der Waals surface area contributed by atoms with E-state index >= 15 is 0 Å². The maximum Gasteiger partial charge on any atom is 0.332 e. The Morgan fingerprint density at radius 2 is 1.57 bits per heavy atom. The normalized spacial score (nSPS) is 13.6. The van der Waals surface area contributed by atoms with E-state index in [1.807, 2.05) is 30.3 Å². The molecule has 35 heavy (non-hydrogen) atoms. The van der Waals surface area contributed by atoms with E-state index in [9.17, 15) is 19.2 Å². The number of methoxy groups -OCH3 is 1.